The molecule has 1 amide bonds. The second kappa shape index (κ2) is 11.8. The van der Waals surface area contributed by atoms with Gasteiger partial charge in [0.2, 0.25) is 0 Å². The summed E-state index contributed by atoms with van der Waals surface area (Å²) in [5.41, 5.74) is 5.20. The molecule has 1 aliphatic heterocycles. The zero-order chi connectivity index (χ0) is 25.7. The van der Waals surface area contributed by atoms with Crippen LogP contribution in [0.3, 0.4) is 0 Å². The Kier molecular flexibility index (Phi) is 8.81. The number of nitrogens with zero attached hydrogens (tertiary/aromatic N) is 1. The Labute approximate surface area is 214 Å². The quantitative estimate of drug-likeness (QED) is 0.405. The van der Waals surface area contributed by atoms with Crippen molar-refractivity contribution in [3.05, 3.63) is 35.6 Å². The largest absolute Gasteiger partial charge is 0.449 e. The van der Waals surface area contributed by atoms with E-state index in [0.29, 0.717) is 30.2 Å². The fourth-order valence-electron chi connectivity index (χ4n) is 6.24. The SMILES string of the molecule is CC1CCC(C(=O)OC2(C(N)=O)CCC(CCN3CCC(C(=O)c4ccc(F)cc4)CC3)CC2)CC1. The van der Waals surface area contributed by atoms with Crippen LogP contribution >= 0.6 is 0 Å². The van der Waals surface area contributed by atoms with Crippen molar-refractivity contribution < 1.29 is 23.5 Å². The van der Waals surface area contributed by atoms with Gasteiger partial charge in [-0.2, -0.15) is 0 Å². The van der Waals surface area contributed by atoms with Gasteiger partial charge in [0.1, 0.15) is 5.82 Å². The third-order valence-corrected chi connectivity index (χ3v) is 8.95. The number of hydrogen-bond donors (Lipinski definition) is 1. The van der Waals surface area contributed by atoms with Crippen molar-refractivity contribution in [2.24, 2.45) is 29.4 Å². The number of piperidine rings is 1. The zero-order valence-electron chi connectivity index (χ0n) is 21.6. The number of primary amides is 1. The monoisotopic (exact) mass is 500 g/mol. The molecule has 2 N–H and O–H groups in total. The molecule has 3 fully saturated rings. The molecule has 36 heavy (non-hydrogen) atoms. The van der Waals surface area contributed by atoms with E-state index in [-0.39, 0.29) is 29.4 Å². The molecular formula is C29H41FN2O4. The van der Waals surface area contributed by atoms with Crippen molar-refractivity contribution in [3.8, 4) is 0 Å². The number of ketones is 1. The number of amides is 1. The van der Waals surface area contributed by atoms with E-state index in [1.807, 2.05) is 0 Å². The van der Waals surface area contributed by atoms with Crippen LogP contribution in [0.25, 0.3) is 0 Å². The molecule has 2 aliphatic carbocycles. The van der Waals surface area contributed by atoms with E-state index in [9.17, 15) is 18.8 Å². The second-order valence-electron chi connectivity index (χ2n) is 11.5. The number of benzene rings is 1. The first-order valence-corrected chi connectivity index (χ1v) is 13.8. The highest BCUT2D eigenvalue weighted by Crippen LogP contribution is 2.38. The average Bonchev–Trinajstić information content (AvgIpc) is 2.89. The van der Waals surface area contributed by atoms with Crippen LogP contribution in [0.4, 0.5) is 4.39 Å². The molecule has 4 rings (SSSR count). The maximum atomic E-state index is 13.1. The molecule has 2 saturated carbocycles. The minimum absolute atomic E-state index is 0.000336. The summed E-state index contributed by atoms with van der Waals surface area (Å²) < 4.78 is 19.0. The Bertz CT molecular complexity index is 910. The third kappa shape index (κ3) is 6.53. The highest BCUT2D eigenvalue weighted by Gasteiger charge is 2.45. The van der Waals surface area contributed by atoms with Gasteiger partial charge < -0.3 is 15.4 Å². The minimum Gasteiger partial charge on any atom is -0.449 e. The number of carbonyl (C=O) groups excluding carboxylic acids is 3. The number of nitrogens with two attached hydrogens (primary N) is 1. The Morgan fingerprint density at radius 3 is 2.14 bits per heavy atom. The van der Waals surface area contributed by atoms with E-state index in [1.165, 1.54) is 12.1 Å². The summed E-state index contributed by atoms with van der Waals surface area (Å²) >= 11 is 0. The van der Waals surface area contributed by atoms with Crippen molar-refractivity contribution in [3.63, 3.8) is 0 Å². The van der Waals surface area contributed by atoms with Crippen molar-refractivity contribution in [2.45, 2.75) is 83.2 Å². The lowest BCUT2D eigenvalue weighted by atomic mass is 9.76. The van der Waals surface area contributed by atoms with E-state index in [4.69, 9.17) is 10.5 Å². The van der Waals surface area contributed by atoms with Crippen LogP contribution in [0.5, 0.6) is 0 Å². The van der Waals surface area contributed by atoms with Gasteiger partial charge >= 0.3 is 5.97 Å². The predicted octanol–water partition coefficient (Wildman–Crippen LogP) is 4.89. The highest BCUT2D eigenvalue weighted by molar-refractivity contribution is 5.97. The van der Waals surface area contributed by atoms with Gasteiger partial charge in [0.25, 0.3) is 5.91 Å². The van der Waals surface area contributed by atoms with Crippen LogP contribution in [-0.2, 0) is 14.3 Å². The lowest BCUT2D eigenvalue weighted by Gasteiger charge is -2.39. The molecule has 1 aromatic carbocycles. The third-order valence-electron chi connectivity index (χ3n) is 8.95. The standard InChI is InChI=1S/C29H41FN2O4/c1-20-2-4-24(5-3-20)27(34)36-29(28(31)35)15-10-21(11-16-29)12-17-32-18-13-23(14-19-32)26(33)22-6-8-25(30)9-7-22/h6-9,20-21,23-24H,2-5,10-19H2,1H3,(H2,31,35). The molecule has 0 atom stereocenters. The van der Waals surface area contributed by atoms with Crippen molar-refractivity contribution >= 4 is 17.7 Å². The van der Waals surface area contributed by atoms with E-state index in [0.717, 1.165) is 77.4 Å². The van der Waals surface area contributed by atoms with Gasteiger partial charge in [-0.1, -0.05) is 6.92 Å². The molecule has 6 nitrogen and oxygen atoms in total. The number of halogens is 1. The topological polar surface area (TPSA) is 89.7 Å². The molecule has 7 heteroatoms. The molecule has 0 radical (unpaired) electrons. The summed E-state index contributed by atoms with van der Waals surface area (Å²) in [7, 11) is 0. The van der Waals surface area contributed by atoms with Crippen molar-refractivity contribution in [2.75, 3.05) is 19.6 Å². The first-order valence-electron chi connectivity index (χ1n) is 13.8. The van der Waals surface area contributed by atoms with Crippen LogP contribution < -0.4 is 5.73 Å². The fourth-order valence-corrected chi connectivity index (χ4v) is 6.24. The van der Waals surface area contributed by atoms with E-state index < -0.39 is 11.5 Å². The van der Waals surface area contributed by atoms with Gasteiger partial charge in [-0.05, 0) is 126 Å². The summed E-state index contributed by atoms with van der Waals surface area (Å²) in [5.74, 6) is 0.0633. The summed E-state index contributed by atoms with van der Waals surface area (Å²) in [4.78, 5) is 40.3. The molecule has 0 bridgehead atoms. The van der Waals surface area contributed by atoms with Crippen LogP contribution in [0, 0.1) is 29.5 Å². The van der Waals surface area contributed by atoms with Gasteiger partial charge in [-0.25, -0.2) is 4.39 Å². The number of rotatable bonds is 8. The summed E-state index contributed by atoms with van der Waals surface area (Å²) in [6, 6.07) is 5.84. The molecule has 0 aromatic heterocycles. The fraction of sp³-hybridized carbons (Fsp3) is 0.690. The highest BCUT2D eigenvalue weighted by atomic mass is 19.1. The normalized spacial score (nSPS) is 30.0. The van der Waals surface area contributed by atoms with Crippen LogP contribution in [0.15, 0.2) is 24.3 Å². The average molecular weight is 501 g/mol. The molecule has 3 aliphatic rings. The maximum absolute atomic E-state index is 13.1. The number of ether oxygens (including phenoxy) is 1. The predicted molar refractivity (Wildman–Crippen MR) is 136 cm³/mol. The van der Waals surface area contributed by atoms with Gasteiger partial charge in [0.15, 0.2) is 11.4 Å². The van der Waals surface area contributed by atoms with Gasteiger partial charge in [0, 0.05) is 11.5 Å². The van der Waals surface area contributed by atoms with Gasteiger partial charge in [0.05, 0.1) is 5.92 Å². The van der Waals surface area contributed by atoms with Gasteiger partial charge in [-0.15, -0.1) is 0 Å². The first-order chi connectivity index (χ1) is 17.3. The molecule has 198 valence electrons. The molecule has 1 aromatic rings. The van der Waals surface area contributed by atoms with E-state index in [2.05, 4.69) is 11.8 Å². The second-order valence-corrected chi connectivity index (χ2v) is 11.5. The number of hydrogen-bond acceptors (Lipinski definition) is 5. The van der Waals surface area contributed by atoms with Crippen LogP contribution in [-0.4, -0.2) is 47.8 Å². The zero-order valence-corrected chi connectivity index (χ0v) is 21.6. The lowest BCUT2D eigenvalue weighted by molar-refractivity contribution is -0.177. The number of esters is 1. The Morgan fingerprint density at radius 2 is 1.56 bits per heavy atom. The van der Waals surface area contributed by atoms with E-state index >= 15 is 0 Å². The summed E-state index contributed by atoms with van der Waals surface area (Å²) in [6.45, 7) is 4.94. The molecule has 1 saturated heterocycles. The number of carbonyl (C=O) groups is 3. The molecular weight excluding hydrogens is 459 g/mol. The molecule has 0 spiro atoms. The Hall–Kier alpha value is -2.28. The lowest BCUT2D eigenvalue weighted by Crippen LogP contribution is -2.51. The van der Waals surface area contributed by atoms with Crippen molar-refractivity contribution in [1.82, 2.24) is 4.90 Å². The van der Waals surface area contributed by atoms with E-state index in [1.54, 1.807) is 12.1 Å². The smallest absolute Gasteiger partial charge is 0.309 e. The Morgan fingerprint density at radius 1 is 0.944 bits per heavy atom. The Balaban J connectivity index is 1.19. The molecule has 0 unspecified atom stereocenters. The van der Waals surface area contributed by atoms with Crippen LogP contribution in [0.2, 0.25) is 0 Å². The minimum atomic E-state index is -1.14. The van der Waals surface area contributed by atoms with Crippen LogP contribution in [0.1, 0.15) is 87.9 Å². The molecule has 1 heterocycles. The van der Waals surface area contributed by atoms with Gasteiger partial charge in [-0.3, -0.25) is 14.4 Å². The first kappa shape index (κ1) is 26.8. The van der Waals surface area contributed by atoms with Crippen molar-refractivity contribution in [1.29, 1.82) is 0 Å². The number of likely N-dealkylation sites (tertiary alicyclic amines) is 1. The number of Topliss-reactive ketones (excluding diaryl/α,β-unsaturated/α-hetero) is 1. The maximum Gasteiger partial charge on any atom is 0.309 e. The summed E-state index contributed by atoms with van der Waals surface area (Å²) in [6.07, 6.45) is 9.09. The summed E-state index contributed by atoms with van der Waals surface area (Å²) in [5, 5.41) is 0.